The van der Waals surface area contributed by atoms with E-state index in [0.717, 1.165) is 0 Å². The molecule has 0 atom stereocenters. The second kappa shape index (κ2) is 7.10. The summed E-state index contributed by atoms with van der Waals surface area (Å²) in [6.07, 6.45) is 2.43. The Bertz CT molecular complexity index is 471. The molecular formula is C18H25N. The Morgan fingerprint density at radius 1 is 0.789 bits per heavy atom. The Kier molecular flexibility index (Phi) is 5.78. The highest BCUT2D eigenvalue weighted by atomic mass is 14.2. The van der Waals surface area contributed by atoms with Gasteiger partial charge in [-0.15, -0.1) is 0 Å². The minimum absolute atomic E-state index is 0. The van der Waals surface area contributed by atoms with Gasteiger partial charge in [0, 0.05) is 5.92 Å². The maximum Gasteiger partial charge on any atom is 0.00944 e. The molecule has 2 aromatic carbocycles. The van der Waals surface area contributed by atoms with Crippen molar-refractivity contribution in [2.75, 3.05) is 0 Å². The summed E-state index contributed by atoms with van der Waals surface area (Å²) in [6.45, 7) is 6.70. The molecule has 0 aromatic heterocycles. The Hall–Kier alpha value is -1.60. The largest absolute Gasteiger partial charge is 0.344 e. The summed E-state index contributed by atoms with van der Waals surface area (Å²) >= 11 is 0. The van der Waals surface area contributed by atoms with Crippen molar-refractivity contribution < 1.29 is 0 Å². The van der Waals surface area contributed by atoms with Crippen LogP contribution in [0.3, 0.4) is 0 Å². The van der Waals surface area contributed by atoms with Crippen molar-refractivity contribution in [2.45, 2.75) is 39.5 Å². The van der Waals surface area contributed by atoms with Gasteiger partial charge < -0.3 is 6.15 Å². The molecule has 0 saturated heterocycles. The minimum Gasteiger partial charge on any atom is -0.344 e. The molecule has 0 bridgehead atoms. The van der Waals surface area contributed by atoms with E-state index in [0.29, 0.717) is 5.92 Å². The molecule has 0 aliphatic carbocycles. The molecule has 0 spiro atoms. The van der Waals surface area contributed by atoms with Crippen LogP contribution in [-0.2, 0) is 0 Å². The number of rotatable bonds is 4. The van der Waals surface area contributed by atoms with Crippen molar-refractivity contribution in [1.29, 1.82) is 0 Å². The number of hydrogen-bond acceptors (Lipinski definition) is 1. The Labute approximate surface area is 117 Å². The molecule has 1 heteroatoms. The minimum atomic E-state index is 0. The fourth-order valence-electron chi connectivity index (χ4n) is 2.72. The standard InChI is InChI=1S/C18H22.H3N/c1-4-9-18(16-12-7-5-10-14(16)2)17-13-8-6-11-15(17)3;/h5-8,10-13,18H,4,9H2,1-3H3;1H3. The molecule has 0 radical (unpaired) electrons. The summed E-state index contributed by atoms with van der Waals surface area (Å²) in [6, 6.07) is 17.6. The lowest BCUT2D eigenvalue weighted by molar-refractivity contribution is 0.691. The number of benzene rings is 2. The number of hydrogen-bond donors (Lipinski definition) is 1. The smallest absolute Gasteiger partial charge is 0.00944 e. The van der Waals surface area contributed by atoms with Crippen LogP contribution < -0.4 is 6.15 Å². The van der Waals surface area contributed by atoms with E-state index in [1.165, 1.54) is 35.1 Å². The van der Waals surface area contributed by atoms with Crippen LogP contribution in [0.2, 0.25) is 0 Å². The summed E-state index contributed by atoms with van der Waals surface area (Å²) in [4.78, 5) is 0. The van der Waals surface area contributed by atoms with Gasteiger partial charge in [-0.2, -0.15) is 0 Å². The highest BCUT2D eigenvalue weighted by Gasteiger charge is 2.16. The van der Waals surface area contributed by atoms with Crippen molar-refractivity contribution in [3.63, 3.8) is 0 Å². The highest BCUT2D eigenvalue weighted by molar-refractivity contribution is 5.40. The zero-order valence-corrected chi connectivity index (χ0v) is 12.3. The van der Waals surface area contributed by atoms with Crippen LogP contribution in [0.5, 0.6) is 0 Å². The first-order valence-electron chi connectivity index (χ1n) is 6.85. The summed E-state index contributed by atoms with van der Waals surface area (Å²) in [7, 11) is 0. The van der Waals surface area contributed by atoms with E-state index in [2.05, 4.69) is 69.3 Å². The van der Waals surface area contributed by atoms with Gasteiger partial charge in [-0.3, -0.25) is 0 Å². The predicted molar refractivity (Wildman–Crippen MR) is 84.1 cm³/mol. The molecule has 0 heterocycles. The van der Waals surface area contributed by atoms with Crippen LogP contribution in [-0.4, -0.2) is 0 Å². The van der Waals surface area contributed by atoms with Crippen LogP contribution in [0.1, 0.15) is 47.9 Å². The van der Waals surface area contributed by atoms with Crippen LogP contribution in [0.4, 0.5) is 0 Å². The van der Waals surface area contributed by atoms with E-state index in [1.807, 2.05) is 0 Å². The molecule has 0 amide bonds. The quantitative estimate of drug-likeness (QED) is 0.780. The molecule has 0 aliphatic rings. The second-order valence-corrected chi connectivity index (χ2v) is 5.05. The monoisotopic (exact) mass is 255 g/mol. The summed E-state index contributed by atoms with van der Waals surface area (Å²) in [5.41, 5.74) is 5.76. The van der Waals surface area contributed by atoms with E-state index in [4.69, 9.17) is 0 Å². The third-order valence-electron chi connectivity index (χ3n) is 3.71. The predicted octanol–water partition coefficient (Wildman–Crippen LogP) is 5.40. The Morgan fingerprint density at radius 3 is 1.58 bits per heavy atom. The lowest BCUT2D eigenvalue weighted by Crippen LogP contribution is -2.04. The Morgan fingerprint density at radius 2 is 1.21 bits per heavy atom. The summed E-state index contributed by atoms with van der Waals surface area (Å²) in [5.74, 6) is 0.539. The van der Waals surface area contributed by atoms with E-state index in [-0.39, 0.29) is 6.15 Å². The fourth-order valence-corrected chi connectivity index (χ4v) is 2.72. The lowest BCUT2D eigenvalue weighted by Gasteiger charge is -2.21. The average molecular weight is 255 g/mol. The van der Waals surface area contributed by atoms with Crippen molar-refractivity contribution in [3.05, 3.63) is 70.8 Å². The van der Waals surface area contributed by atoms with Gasteiger partial charge in [0.2, 0.25) is 0 Å². The van der Waals surface area contributed by atoms with Gasteiger partial charge in [0.1, 0.15) is 0 Å². The van der Waals surface area contributed by atoms with E-state index >= 15 is 0 Å². The molecular weight excluding hydrogens is 230 g/mol. The van der Waals surface area contributed by atoms with Gasteiger partial charge in [0.25, 0.3) is 0 Å². The molecule has 0 aliphatic heterocycles. The molecule has 0 fully saturated rings. The maximum atomic E-state index is 2.28. The first-order valence-corrected chi connectivity index (χ1v) is 6.85. The van der Waals surface area contributed by atoms with Crippen LogP contribution in [0.25, 0.3) is 0 Å². The van der Waals surface area contributed by atoms with Gasteiger partial charge in [0.15, 0.2) is 0 Å². The van der Waals surface area contributed by atoms with Crippen LogP contribution >= 0.6 is 0 Å². The van der Waals surface area contributed by atoms with Gasteiger partial charge in [-0.1, -0.05) is 61.9 Å². The average Bonchev–Trinajstić information content (AvgIpc) is 2.38. The van der Waals surface area contributed by atoms with Crippen molar-refractivity contribution in [3.8, 4) is 0 Å². The summed E-state index contributed by atoms with van der Waals surface area (Å²) in [5, 5.41) is 0. The fraction of sp³-hybridized carbons (Fsp3) is 0.333. The van der Waals surface area contributed by atoms with Gasteiger partial charge in [-0.05, 0) is 42.5 Å². The second-order valence-electron chi connectivity index (χ2n) is 5.05. The van der Waals surface area contributed by atoms with Gasteiger partial charge in [0.05, 0.1) is 0 Å². The molecule has 2 aromatic rings. The lowest BCUT2D eigenvalue weighted by atomic mass is 9.83. The maximum absolute atomic E-state index is 2.28. The molecule has 0 unspecified atom stereocenters. The highest BCUT2D eigenvalue weighted by Crippen LogP contribution is 2.32. The van der Waals surface area contributed by atoms with Crippen molar-refractivity contribution in [2.24, 2.45) is 0 Å². The first-order chi connectivity index (χ1) is 8.74. The molecule has 1 nitrogen and oxygen atoms in total. The van der Waals surface area contributed by atoms with Crippen molar-refractivity contribution in [1.82, 2.24) is 6.15 Å². The molecule has 0 saturated carbocycles. The first kappa shape index (κ1) is 15.5. The SMILES string of the molecule is CCCC(c1ccccc1C)c1ccccc1C.N. The normalized spacial score (nSPS) is 10.3. The molecule has 3 N–H and O–H groups in total. The van der Waals surface area contributed by atoms with E-state index in [9.17, 15) is 0 Å². The molecule has 19 heavy (non-hydrogen) atoms. The molecule has 2 rings (SSSR count). The third kappa shape index (κ3) is 3.45. The third-order valence-corrected chi connectivity index (χ3v) is 3.71. The van der Waals surface area contributed by atoms with E-state index in [1.54, 1.807) is 0 Å². The van der Waals surface area contributed by atoms with Crippen LogP contribution in [0, 0.1) is 13.8 Å². The van der Waals surface area contributed by atoms with Crippen LogP contribution in [0.15, 0.2) is 48.5 Å². The zero-order chi connectivity index (χ0) is 13.0. The topological polar surface area (TPSA) is 35.0 Å². The molecule has 102 valence electrons. The summed E-state index contributed by atoms with van der Waals surface area (Å²) < 4.78 is 0. The van der Waals surface area contributed by atoms with E-state index < -0.39 is 0 Å². The van der Waals surface area contributed by atoms with Gasteiger partial charge in [-0.25, -0.2) is 0 Å². The Balaban J connectivity index is 0.00000180. The number of aryl methyl sites for hydroxylation is 2. The van der Waals surface area contributed by atoms with Gasteiger partial charge >= 0.3 is 0 Å². The van der Waals surface area contributed by atoms with Crippen molar-refractivity contribution >= 4 is 0 Å². The zero-order valence-electron chi connectivity index (χ0n) is 12.3.